The van der Waals surface area contributed by atoms with Crippen LogP contribution in [0.1, 0.15) is 38.4 Å². The lowest BCUT2D eigenvalue weighted by Gasteiger charge is -2.22. The second kappa shape index (κ2) is 6.80. The highest BCUT2D eigenvalue weighted by Gasteiger charge is 2.25. The zero-order valence-corrected chi connectivity index (χ0v) is 12.8. The van der Waals surface area contributed by atoms with Gasteiger partial charge in [0.05, 0.1) is 13.2 Å². The first kappa shape index (κ1) is 15.6. The Bertz CT molecular complexity index is 495. The number of methoxy groups -OCH3 is 1. The van der Waals surface area contributed by atoms with E-state index in [1.54, 1.807) is 39.2 Å². The molecule has 0 bridgehead atoms. The lowest BCUT2D eigenvalue weighted by molar-refractivity contribution is -0.136. The van der Waals surface area contributed by atoms with Crippen molar-refractivity contribution in [3.8, 4) is 11.5 Å². The first-order valence-corrected chi connectivity index (χ1v) is 7.34. The fraction of sp³-hybridized carbons (Fsp3) is 0.562. The predicted octanol–water partition coefficient (Wildman–Crippen LogP) is 2.14. The summed E-state index contributed by atoms with van der Waals surface area (Å²) in [6.45, 7) is 5.06. The van der Waals surface area contributed by atoms with Crippen LogP contribution in [-0.2, 0) is 4.79 Å². The zero-order valence-electron chi connectivity index (χ0n) is 12.8. The number of aliphatic hydroxyl groups excluding tert-OH is 1. The Labute approximate surface area is 125 Å². The van der Waals surface area contributed by atoms with Crippen molar-refractivity contribution in [1.82, 2.24) is 4.90 Å². The molecule has 116 valence electrons. The van der Waals surface area contributed by atoms with Crippen LogP contribution >= 0.6 is 0 Å². The minimum Gasteiger partial charge on any atom is -0.493 e. The van der Waals surface area contributed by atoms with E-state index in [-0.39, 0.29) is 5.91 Å². The number of hydrogen-bond acceptors (Lipinski definition) is 4. The summed E-state index contributed by atoms with van der Waals surface area (Å²) >= 11 is 0. The molecule has 5 nitrogen and oxygen atoms in total. The van der Waals surface area contributed by atoms with Crippen molar-refractivity contribution in [2.24, 2.45) is 0 Å². The number of ether oxygens (including phenoxy) is 2. The maximum Gasteiger partial charge on any atom is 0.263 e. The molecule has 1 unspecified atom stereocenters. The molecule has 1 aromatic rings. The van der Waals surface area contributed by atoms with Crippen LogP contribution < -0.4 is 9.47 Å². The zero-order chi connectivity index (χ0) is 15.4. The van der Waals surface area contributed by atoms with E-state index >= 15 is 0 Å². The van der Waals surface area contributed by atoms with Crippen LogP contribution in [0.5, 0.6) is 11.5 Å². The number of carbonyl (C=O) groups excluding carboxylic acids is 1. The molecule has 0 radical (unpaired) electrons. The molecule has 1 heterocycles. The molecular formula is C16H23NO4. The van der Waals surface area contributed by atoms with E-state index in [1.165, 1.54) is 0 Å². The van der Waals surface area contributed by atoms with Crippen LogP contribution in [0, 0.1) is 0 Å². The average molecular weight is 293 g/mol. The molecule has 1 aliphatic rings. The Hall–Kier alpha value is -1.75. The lowest BCUT2D eigenvalue weighted by Crippen LogP contribution is -2.38. The SMILES string of the molecule is COc1cc([C@H](C)O)ccc1OC(C)C(=O)N1CCCC1. The quantitative estimate of drug-likeness (QED) is 0.903. The third-order valence-corrected chi connectivity index (χ3v) is 3.74. The van der Waals surface area contributed by atoms with E-state index < -0.39 is 12.2 Å². The van der Waals surface area contributed by atoms with E-state index in [2.05, 4.69) is 0 Å². The Morgan fingerprint density at radius 2 is 1.90 bits per heavy atom. The fourth-order valence-corrected chi connectivity index (χ4v) is 2.48. The van der Waals surface area contributed by atoms with E-state index in [1.807, 2.05) is 4.90 Å². The molecule has 0 saturated carbocycles. The van der Waals surface area contributed by atoms with Gasteiger partial charge in [-0.05, 0) is 44.4 Å². The minimum atomic E-state index is -0.573. The number of rotatable bonds is 5. The highest BCUT2D eigenvalue weighted by molar-refractivity contribution is 5.81. The number of benzene rings is 1. The van der Waals surface area contributed by atoms with Gasteiger partial charge in [0, 0.05) is 13.1 Å². The number of nitrogens with zero attached hydrogens (tertiary/aromatic N) is 1. The second-order valence-corrected chi connectivity index (χ2v) is 5.38. The monoisotopic (exact) mass is 293 g/mol. The Morgan fingerprint density at radius 3 is 2.48 bits per heavy atom. The summed E-state index contributed by atoms with van der Waals surface area (Å²) < 4.78 is 11.0. The van der Waals surface area contributed by atoms with Crippen LogP contribution in [0.3, 0.4) is 0 Å². The molecule has 0 aromatic heterocycles. The summed E-state index contributed by atoms with van der Waals surface area (Å²) in [5.74, 6) is 1.05. The summed E-state index contributed by atoms with van der Waals surface area (Å²) in [6.07, 6.45) is 1.00. The van der Waals surface area contributed by atoms with Gasteiger partial charge >= 0.3 is 0 Å². The summed E-state index contributed by atoms with van der Waals surface area (Å²) in [7, 11) is 1.54. The molecular weight excluding hydrogens is 270 g/mol. The van der Waals surface area contributed by atoms with Gasteiger partial charge in [-0.15, -0.1) is 0 Å². The Balaban J connectivity index is 2.09. The van der Waals surface area contributed by atoms with Crippen LogP contribution in [0.15, 0.2) is 18.2 Å². The van der Waals surface area contributed by atoms with Crippen molar-refractivity contribution in [3.05, 3.63) is 23.8 Å². The van der Waals surface area contributed by atoms with Crippen LogP contribution in [-0.4, -0.2) is 42.2 Å². The van der Waals surface area contributed by atoms with Gasteiger partial charge in [0.25, 0.3) is 5.91 Å². The number of likely N-dealkylation sites (tertiary alicyclic amines) is 1. The van der Waals surface area contributed by atoms with E-state index in [4.69, 9.17) is 9.47 Å². The van der Waals surface area contributed by atoms with Gasteiger partial charge in [-0.25, -0.2) is 0 Å². The average Bonchev–Trinajstić information content (AvgIpc) is 3.00. The molecule has 0 spiro atoms. The van der Waals surface area contributed by atoms with Gasteiger partial charge in [0.15, 0.2) is 17.6 Å². The number of carbonyl (C=O) groups is 1. The van der Waals surface area contributed by atoms with Crippen LogP contribution in [0.2, 0.25) is 0 Å². The Kier molecular flexibility index (Phi) is 5.07. The molecule has 1 amide bonds. The smallest absolute Gasteiger partial charge is 0.263 e. The van der Waals surface area contributed by atoms with Gasteiger partial charge in [0.1, 0.15) is 0 Å². The van der Waals surface area contributed by atoms with E-state index in [0.717, 1.165) is 31.5 Å². The highest BCUT2D eigenvalue weighted by atomic mass is 16.5. The maximum atomic E-state index is 12.2. The first-order chi connectivity index (χ1) is 10.0. The molecule has 1 N–H and O–H groups in total. The highest BCUT2D eigenvalue weighted by Crippen LogP contribution is 2.31. The third-order valence-electron chi connectivity index (χ3n) is 3.74. The van der Waals surface area contributed by atoms with Crippen LogP contribution in [0.25, 0.3) is 0 Å². The molecule has 0 aliphatic carbocycles. The standard InChI is InChI=1S/C16H23NO4/c1-11(18)13-6-7-14(15(10-13)20-3)21-12(2)16(19)17-8-4-5-9-17/h6-7,10-12,18H,4-5,8-9H2,1-3H3/t11-,12?/m0/s1. The van der Waals surface area contributed by atoms with E-state index in [9.17, 15) is 9.90 Å². The molecule has 1 aromatic carbocycles. The number of hydrogen-bond donors (Lipinski definition) is 1. The predicted molar refractivity (Wildman–Crippen MR) is 79.5 cm³/mol. The largest absolute Gasteiger partial charge is 0.493 e. The molecule has 2 atom stereocenters. The minimum absolute atomic E-state index is 0.00848. The van der Waals surface area contributed by atoms with Gasteiger partial charge < -0.3 is 19.5 Å². The van der Waals surface area contributed by atoms with Crippen molar-refractivity contribution in [2.75, 3.05) is 20.2 Å². The lowest BCUT2D eigenvalue weighted by atomic mass is 10.1. The van der Waals surface area contributed by atoms with Gasteiger partial charge in [0.2, 0.25) is 0 Å². The maximum absolute atomic E-state index is 12.2. The fourth-order valence-electron chi connectivity index (χ4n) is 2.48. The molecule has 1 aliphatic heterocycles. The van der Waals surface area contributed by atoms with Crippen molar-refractivity contribution in [3.63, 3.8) is 0 Å². The van der Waals surface area contributed by atoms with Gasteiger partial charge in [-0.1, -0.05) is 6.07 Å². The molecule has 5 heteroatoms. The van der Waals surface area contributed by atoms with Gasteiger partial charge in [-0.3, -0.25) is 4.79 Å². The number of aliphatic hydroxyl groups is 1. The van der Waals surface area contributed by atoms with Crippen molar-refractivity contribution >= 4 is 5.91 Å². The van der Waals surface area contributed by atoms with Gasteiger partial charge in [-0.2, -0.15) is 0 Å². The van der Waals surface area contributed by atoms with Crippen molar-refractivity contribution in [2.45, 2.75) is 38.9 Å². The molecule has 1 fully saturated rings. The normalized spacial score (nSPS) is 17.4. The van der Waals surface area contributed by atoms with Crippen LogP contribution in [0.4, 0.5) is 0 Å². The second-order valence-electron chi connectivity index (χ2n) is 5.38. The summed E-state index contributed by atoms with van der Waals surface area (Å²) in [5.41, 5.74) is 0.748. The third kappa shape index (κ3) is 3.67. The van der Waals surface area contributed by atoms with E-state index in [0.29, 0.717) is 11.5 Å². The number of amides is 1. The summed E-state index contributed by atoms with van der Waals surface area (Å²) in [6, 6.07) is 5.23. The topological polar surface area (TPSA) is 59.0 Å². The first-order valence-electron chi connectivity index (χ1n) is 7.34. The Morgan fingerprint density at radius 1 is 1.24 bits per heavy atom. The summed E-state index contributed by atoms with van der Waals surface area (Å²) in [4.78, 5) is 14.1. The molecule has 2 rings (SSSR count). The summed E-state index contributed by atoms with van der Waals surface area (Å²) in [5, 5.41) is 9.59. The molecule has 21 heavy (non-hydrogen) atoms. The van der Waals surface area contributed by atoms with Crippen molar-refractivity contribution in [1.29, 1.82) is 0 Å². The van der Waals surface area contributed by atoms with Crippen molar-refractivity contribution < 1.29 is 19.4 Å². The molecule has 1 saturated heterocycles.